The maximum absolute atomic E-state index is 13.4. The van der Waals surface area contributed by atoms with Crippen LogP contribution in [0.4, 0.5) is 5.13 Å². The Bertz CT molecular complexity index is 990. The zero-order valence-corrected chi connectivity index (χ0v) is 18.8. The van der Waals surface area contributed by atoms with E-state index in [1.165, 1.54) is 0 Å². The van der Waals surface area contributed by atoms with E-state index in [2.05, 4.69) is 11.8 Å². The minimum absolute atomic E-state index is 0. The molecule has 0 bridgehead atoms. The number of rotatable bonds is 6. The Morgan fingerprint density at radius 2 is 1.93 bits per heavy atom. The van der Waals surface area contributed by atoms with Crippen LogP contribution in [0.5, 0.6) is 5.75 Å². The lowest BCUT2D eigenvalue weighted by Gasteiger charge is -2.29. The van der Waals surface area contributed by atoms with Crippen molar-refractivity contribution >= 4 is 45.0 Å². The summed E-state index contributed by atoms with van der Waals surface area (Å²) in [6.07, 6.45) is 0. The molecule has 0 radical (unpaired) electrons. The zero-order chi connectivity index (χ0) is 20.2. The van der Waals surface area contributed by atoms with Crippen LogP contribution in [0, 0.1) is 6.92 Å². The van der Waals surface area contributed by atoms with E-state index in [0.29, 0.717) is 17.2 Å². The third-order valence-electron chi connectivity index (χ3n) is 5.15. The SMILES string of the molecule is COc1ccc(C)c2sc(N(CCN3CCOCC3)C(=O)c3ccccc3)nc12.Cl. The molecule has 1 fully saturated rings. The van der Waals surface area contributed by atoms with E-state index in [9.17, 15) is 4.79 Å². The van der Waals surface area contributed by atoms with E-state index in [1.807, 2.05) is 42.5 Å². The number of amides is 1. The molecule has 3 aromatic rings. The number of anilines is 1. The van der Waals surface area contributed by atoms with Crippen molar-refractivity contribution in [3.8, 4) is 5.75 Å². The van der Waals surface area contributed by atoms with Crippen LogP contribution < -0.4 is 9.64 Å². The van der Waals surface area contributed by atoms with Crippen LogP contribution in [0.25, 0.3) is 10.2 Å². The first-order valence-corrected chi connectivity index (χ1v) is 10.6. The first kappa shape index (κ1) is 22.5. The fourth-order valence-electron chi connectivity index (χ4n) is 3.47. The minimum atomic E-state index is -0.0328. The van der Waals surface area contributed by atoms with Gasteiger partial charge in [0.05, 0.1) is 25.0 Å². The third kappa shape index (κ3) is 4.75. The lowest BCUT2D eigenvalue weighted by atomic mass is 10.2. The van der Waals surface area contributed by atoms with Gasteiger partial charge in [-0.25, -0.2) is 4.98 Å². The van der Waals surface area contributed by atoms with Crippen molar-refractivity contribution in [1.82, 2.24) is 9.88 Å². The van der Waals surface area contributed by atoms with E-state index in [-0.39, 0.29) is 18.3 Å². The molecule has 0 saturated carbocycles. The molecule has 1 saturated heterocycles. The van der Waals surface area contributed by atoms with Gasteiger partial charge in [0.15, 0.2) is 5.13 Å². The third-order valence-corrected chi connectivity index (χ3v) is 6.37. The Morgan fingerprint density at radius 3 is 2.63 bits per heavy atom. The molecule has 0 spiro atoms. The number of halogens is 1. The van der Waals surface area contributed by atoms with Crippen LogP contribution in [0.1, 0.15) is 15.9 Å². The molecule has 30 heavy (non-hydrogen) atoms. The highest BCUT2D eigenvalue weighted by Gasteiger charge is 2.24. The van der Waals surface area contributed by atoms with E-state index in [0.717, 1.165) is 54.4 Å². The number of fused-ring (bicyclic) bond motifs is 1. The van der Waals surface area contributed by atoms with Gasteiger partial charge < -0.3 is 9.47 Å². The van der Waals surface area contributed by atoms with Gasteiger partial charge in [-0.15, -0.1) is 12.4 Å². The molecule has 2 heterocycles. The van der Waals surface area contributed by atoms with Crippen molar-refractivity contribution < 1.29 is 14.3 Å². The molecule has 6 nitrogen and oxygen atoms in total. The van der Waals surface area contributed by atoms with E-state index in [4.69, 9.17) is 14.5 Å². The standard InChI is InChI=1S/C22H25N3O3S.ClH/c1-16-8-9-18(27-2)19-20(16)29-22(23-19)25(11-10-24-12-14-28-15-13-24)21(26)17-6-4-3-5-7-17;/h3-9H,10-15H2,1-2H3;1H. The second kappa shape index (κ2) is 10.2. The molecule has 0 atom stereocenters. The molecular weight excluding hydrogens is 422 g/mol. The molecule has 8 heteroatoms. The number of aromatic nitrogens is 1. The van der Waals surface area contributed by atoms with Crippen molar-refractivity contribution in [2.75, 3.05) is 51.4 Å². The van der Waals surface area contributed by atoms with Crippen LogP contribution in [0.15, 0.2) is 42.5 Å². The maximum Gasteiger partial charge on any atom is 0.260 e. The molecule has 1 amide bonds. The summed E-state index contributed by atoms with van der Waals surface area (Å²) >= 11 is 1.54. The maximum atomic E-state index is 13.4. The van der Waals surface area contributed by atoms with Crippen molar-refractivity contribution in [1.29, 1.82) is 0 Å². The number of aryl methyl sites for hydroxylation is 1. The van der Waals surface area contributed by atoms with Gasteiger partial charge in [0, 0.05) is 31.7 Å². The molecule has 0 N–H and O–H groups in total. The summed E-state index contributed by atoms with van der Waals surface area (Å²) in [5, 5.41) is 0.703. The number of thiazole rings is 1. The van der Waals surface area contributed by atoms with Crippen LogP contribution in [0.3, 0.4) is 0 Å². The number of hydrogen-bond donors (Lipinski definition) is 0. The normalized spacial score (nSPS) is 14.3. The molecule has 160 valence electrons. The molecular formula is C22H26ClN3O3S. The number of benzene rings is 2. The Morgan fingerprint density at radius 1 is 1.20 bits per heavy atom. The van der Waals surface area contributed by atoms with Crippen molar-refractivity contribution in [3.63, 3.8) is 0 Å². The Kier molecular flexibility index (Phi) is 7.66. The predicted molar refractivity (Wildman–Crippen MR) is 124 cm³/mol. The fourth-order valence-corrected chi connectivity index (χ4v) is 4.54. The molecule has 0 aliphatic carbocycles. The molecule has 1 aliphatic heterocycles. The second-order valence-electron chi connectivity index (χ2n) is 7.04. The lowest BCUT2D eigenvalue weighted by Crippen LogP contribution is -2.43. The number of carbonyl (C=O) groups is 1. The Labute approximate surface area is 186 Å². The monoisotopic (exact) mass is 447 g/mol. The summed E-state index contributed by atoms with van der Waals surface area (Å²) in [7, 11) is 1.65. The second-order valence-corrected chi connectivity index (χ2v) is 8.01. The summed E-state index contributed by atoms with van der Waals surface area (Å²) < 4.78 is 12.0. The van der Waals surface area contributed by atoms with Gasteiger partial charge in [0.25, 0.3) is 5.91 Å². The van der Waals surface area contributed by atoms with Crippen molar-refractivity contribution in [2.45, 2.75) is 6.92 Å². The average molecular weight is 448 g/mol. The Balaban J connectivity index is 0.00000256. The van der Waals surface area contributed by atoms with Gasteiger partial charge in [-0.1, -0.05) is 35.6 Å². The largest absolute Gasteiger partial charge is 0.494 e. The van der Waals surface area contributed by atoms with Gasteiger partial charge >= 0.3 is 0 Å². The van der Waals surface area contributed by atoms with Gasteiger partial charge in [-0.05, 0) is 30.7 Å². The highest BCUT2D eigenvalue weighted by molar-refractivity contribution is 7.22. The summed E-state index contributed by atoms with van der Waals surface area (Å²) in [5.41, 5.74) is 2.60. The number of ether oxygens (including phenoxy) is 2. The summed E-state index contributed by atoms with van der Waals surface area (Å²) in [4.78, 5) is 22.3. The van der Waals surface area contributed by atoms with Crippen LogP contribution in [-0.4, -0.2) is 62.3 Å². The fraction of sp³-hybridized carbons (Fsp3) is 0.364. The summed E-state index contributed by atoms with van der Waals surface area (Å²) in [6, 6.07) is 13.4. The first-order valence-electron chi connectivity index (χ1n) is 9.78. The number of carbonyl (C=O) groups excluding carboxylic acids is 1. The van der Waals surface area contributed by atoms with Crippen LogP contribution in [0.2, 0.25) is 0 Å². The van der Waals surface area contributed by atoms with Crippen LogP contribution >= 0.6 is 23.7 Å². The quantitative estimate of drug-likeness (QED) is 0.571. The highest BCUT2D eigenvalue weighted by Crippen LogP contribution is 2.36. The topological polar surface area (TPSA) is 54.9 Å². The predicted octanol–water partition coefficient (Wildman–Crippen LogP) is 4.01. The molecule has 4 rings (SSSR count). The van der Waals surface area contributed by atoms with E-state index in [1.54, 1.807) is 23.3 Å². The molecule has 1 aromatic heterocycles. The molecule has 0 unspecified atom stereocenters. The Hall–Kier alpha value is -2.19. The average Bonchev–Trinajstić information content (AvgIpc) is 3.21. The van der Waals surface area contributed by atoms with E-state index >= 15 is 0 Å². The summed E-state index contributed by atoms with van der Waals surface area (Å²) in [6.45, 7) is 6.68. The molecule has 1 aliphatic rings. The highest BCUT2D eigenvalue weighted by atomic mass is 35.5. The van der Waals surface area contributed by atoms with Crippen LogP contribution in [-0.2, 0) is 4.74 Å². The van der Waals surface area contributed by atoms with Gasteiger partial charge in [-0.3, -0.25) is 14.6 Å². The minimum Gasteiger partial charge on any atom is -0.494 e. The van der Waals surface area contributed by atoms with Gasteiger partial charge in [-0.2, -0.15) is 0 Å². The van der Waals surface area contributed by atoms with Gasteiger partial charge in [0.1, 0.15) is 11.3 Å². The molecule has 2 aromatic carbocycles. The van der Waals surface area contributed by atoms with Gasteiger partial charge in [0.2, 0.25) is 0 Å². The smallest absolute Gasteiger partial charge is 0.260 e. The summed E-state index contributed by atoms with van der Waals surface area (Å²) in [5.74, 6) is 0.697. The number of hydrogen-bond acceptors (Lipinski definition) is 6. The number of morpholine rings is 1. The lowest BCUT2D eigenvalue weighted by molar-refractivity contribution is 0.0391. The van der Waals surface area contributed by atoms with E-state index < -0.39 is 0 Å². The van der Waals surface area contributed by atoms with Crippen molar-refractivity contribution in [3.05, 3.63) is 53.6 Å². The number of nitrogens with zero attached hydrogens (tertiary/aromatic N) is 3. The van der Waals surface area contributed by atoms with Crippen molar-refractivity contribution in [2.24, 2.45) is 0 Å². The number of methoxy groups -OCH3 is 1. The zero-order valence-electron chi connectivity index (χ0n) is 17.2. The first-order chi connectivity index (χ1) is 14.2.